The summed E-state index contributed by atoms with van der Waals surface area (Å²) < 4.78 is 5.08. The first-order chi connectivity index (χ1) is 43.8. The van der Waals surface area contributed by atoms with E-state index in [0.29, 0.717) is 12.5 Å². The molecule has 0 aliphatic carbocycles. The van der Waals surface area contributed by atoms with Crippen LogP contribution < -0.4 is 16.3 Å². The number of rotatable bonds is 18. The van der Waals surface area contributed by atoms with E-state index >= 15 is 0 Å². The van der Waals surface area contributed by atoms with E-state index in [-0.39, 0.29) is 24.3 Å². The number of hydroxylamine groups is 2. The quantitative estimate of drug-likeness (QED) is 0.0184. The molecule has 8 aromatic carbocycles. The van der Waals surface area contributed by atoms with Crippen molar-refractivity contribution in [2.75, 3.05) is 34.3 Å². The van der Waals surface area contributed by atoms with Crippen LogP contribution in [0, 0.1) is 27.7 Å². The van der Waals surface area contributed by atoms with Crippen LogP contribution in [0.4, 0.5) is 0 Å². The van der Waals surface area contributed by atoms with Crippen molar-refractivity contribution in [1.29, 1.82) is 0 Å². The number of H-pyrrole nitrogens is 4. The molecule has 0 saturated heterocycles. The minimum absolute atomic E-state index is 0.0595. The highest BCUT2D eigenvalue weighted by Crippen LogP contribution is 2.34. The highest BCUT2D eigenvalue weighted by molar-refractivity contribution is 5.99. The Labute approximate surface area is 523 Å². The van der Waals surface area contributed by atoms with Gasteiger partial charge in [-0.1, -0.05) is 146 Å². The molecule has 0 bridgehead atoms. The molecule has 12 rings (SSSR count). The van der Waals surface area contributed by atoms with Gasteiger partial charge in [0, 0.05) is 82.4 Å². The van der Waals surface area contributed by atoms with Crippen molar-refractivity contribution in [2.24, 2.45) is 0 Å². The average molecular weight is 1200 g/mol. The number of benzene rings is 8. The van der Waals surface area contributed by atoms with Crippen molar-refractivity contribution in [3.8, 4) is 0 Å². The van der Waals surface area contributed by atoms with Crippen LogP contribution in [-0.4, -0.2) is 93.0 Å². The molecule has 0 fully saturated rings. The Morgan fingerprint density at radius 1 is 0.433 bits per heavy atom. The van der Waals surface area contributed by atoms with Gasteiger partial charge >= 0.3 is 17.9 Å². The third kappa shape index (κ3) is 16.3. The third-order valence-electron chi connectivity index (χ3n) is 15.3. The number of aryl methyl sites for hydroxylation is 4. The number of hydrogen-bond donors (Lipinski definition) is 7. The van der Waals surface area contributed by atoms with E-state index in [2.05, 4.69) is 119 Å². The van der Waals surface area contributed by atoms with Crippen molar-refractivity contribution in [2.45, 2.75) is 59.3 Å². The summed E-state index contributed by atoms with van der Waals surface area (Å²) in [5.41, 5.74) is 23.1. The average Bonchev–Trinajstić information content (AvgIpc) is 2.77. The number of carbonyl (C=O) groups excluding carboxylic acids is 3. The highest BCUT2D eigenvalue weighted by atomic mass is 16.7. The summed E-state index contributed by atoms with van der Waals surface area (Å²) in [6, 6.07) is 64.9. The standard InChI is InChI=1S/C19H18N2O2.C18H19N3O2.C18H17N3O2.C18H21N3/c1-3-23-19(22)12-17(14-7-5-4-6-8-14)15-9-10-18-16(11-15)13(2)20-21-18;2*1-12-15-10-14(8-9-17(15)21-20-12)16(11-18(22)23-19-2)13-6-4-3-5-7-13;1-13-17-12-15(8-9-18(17)21-20-13)16(10-11-19-2)14-6-4-3-5-7-14/h4-12H,3H2,1-2H3,(H,20,21);3-10,16,19H,11H2,1-2H3,(H,20,21);3-11,19H,1-2H3,(H,20,21);3-9,12,16,19H,10-11H2,1-2H3,(H,20,21)/b17-12-;;16-11-;. The zero-order valence-electron chi connectivity index (χ0n) is 51.9. The fourth-order valence-corrected chi connectivity index (χ4v) is 10.7. The molecular weight excluding hydrogens is 1130 g/mol. The lowest BCUT2D eigenvalue weighted by Crippen LogP contribution is -2.18. The minimum atomic E-state index is -0.449. The van der Waals surface area contributed by atoms with E-state index in [4.69, 9.17) is 14.4 Å². The van der Waals surface area contributed by atoms with Crippen LogP contribution in [0.2, 0.25) is 0 Å². The second kappa shape index (κ2) is 31.4. The number of ether oxygens (including phenoxy) is 1. The SMILES string of the molecule is CCOC(=O)/C=C(/c1ccccc1)c1ccc2n[nH]c(C)c2c1.CNCCC(c1ccccc1)c1ccc2n[nH]c(C)c2c1.CNOC(=O)/C=C(/c1ccccc1)c1ccc2n[nH]c(C)c2c1.CNOC(=O)CC(c1ccccc1)c1ccc2n[nH]c(C)c2c1. The van der Waals surface area contributed by atoms with Crippen LogP contribution >= 0.6 is 0 Å². The molecule has 90 heavy (non-hydrogen) atoms. The Morgan fingerprint density at radius 3 is 1.22 bits per heavy atom. The van der Waals surface area contributed by atoms with E-state index in [1.165, 1.54) is 22.6 Å². The predicted octanol–water partition coefficient (Wildman–Crippen LogP) is 13.5. The Kier molecular flexibility index (Phi) is 22.3. The van der Waals surface area contributed by atoms with Crippen LogP contribution in [0.1, 0.15) is 98.9 Å². The molecular formula is C73H75N11O6. The number of fused-ring (bicyclic) bond motifs is 4. The smallest absolute Gasteiger partial charge is 0.350 e. The molecule has 458 valence electrons. The molecule has 17 heteroatoms. The zero-order chi connectivity index (χ0) is 63.4. The van der Waals surface area contributed by atoms with Crippen molar-refractivity contribution in [1.82, 2.24) is 57.1 Å². The molecule has 4 aromatic heterocycles. The van der Waals surface area contributed by atoms with Crippen molar-refractivity contribution >= 4 is 72.7 Å². The number of aromatic amines is 4. The van der Waals surface area contributed by atoms with Gasteiger partial charge in [0.2, 0.25) is 0 Å². The van der Waals surface area contributed by atoms with Gasteiger partial charge in [0.25, 0.3) is 0 Å². The first kappa shape index (κ1) is 63.9. The van der Waals surface area contributed by atoms with Crippen LogP contribution in [0.25, 0.3) is 54.8 Å². The van der Waals surface area contributed by atoms with Crippen molar-refractivity contribution < 1.29 is 28.8 Å². The largest absolute Gasteiger partial charge is 0.463 e. The molecule has 0 aliphatic rings. The van der Waals surface area contributed by atoms with Gasteiger partial charge in [0.05, 0.1) is 35.1 Å². The number of carbonyl (C=O) groups is 3. The topological polar surface area (TPSA) is 230 Å². The molecule has 17 nitrogen and oxygen atoms in total. The first-order valence-electron chi connectivity index (χ1n) is 29.8. The summed E-state index contributed by atoms with van der Waals surface area (Å²) >= 11 is 0. The van der Waals surface area contributed by atoms with E-state index in [1.54, 1.807) is 27.1 Å². The molecule has 2 unspecified atom stereocenters. The second-order valence-corrected chi connectivity index (χ2v) is 21.3. The second-order valence-electron chi connectivity index (χ2n) is 21.3. The molecule has 0 radical (unpaired) electrons. The maximum atomic E-state index is 12.0. The first-order valence-corrected chi connectivity index (χ1v) is 29.8. The molecule has 0 aliphatic heterocycles. The van der Waals surface area contributed by atoms with Gasteiger partial charge in [-0.25, -0.2) is 9.59 Å². The lowest BCUT2D eigenvalue weighted by molar-refractivity contribution is -0.150. The molecule has 12 aromatic rings. The summed E-state index contributed by atoms with van der Waals surface area (Å²) in [6.45, 7) is 11.2. The van der Waals surface area contributed by atoms with Gasteiger partial charge in [-0.05, 0) is 159 Å². The highest BCUT2D eigenvalue weighted by Gasteiger charge is 2.21. The molecule has 0 spiro atoms. The molecule has 4 heterocycles. The third-order valence-corrected chi connectivity index (χ3v) is 15.3. The summed E-state index contributed by atoms with van der Waals surface area (Å²) in [5.74, 6) is -0.718. The fraction of sp³-hybridized carbons (Fsp3) is 0.192. The van der Waals surface area contributed by atoms with Gasteiger partial charge in [0.1, 0.15) is 0 Å². The fourth-order valence-electron chi connectivity index (χ4n) is 10.7. The lowest BCUT2D eigenvalue weighted by Gasteiger charge is -2.18. The van der Waals surface area contributed by atoms with E-state index in [1.807, 2.05) is 167 Å². The number of esters is 1. The minimum Gasteiger partial charge on any atom is -0.463 e. The van der Waals surface area contributed by atoms with Gasteiger partial charge in [0.15, 0.2) is 0 Å². The Bertz CT molecular complexity index is 4230. The molecule has 7 N–H and O–H groups in total. The van der Waals surface area contributed by atoms with Crippen LogP contribution in [-0.2, 0) is 28.8 Å². The van der Waals surface area contributed by atoms with Crippen molar-refractivity contribution in [3.05, 3.63) is 274 Å². The Balaban J connectivity index is 0.000000142. The van der Waals surface area contributed by atoms with Crippen LogP contribution in [0.3, 0.4) is 0 Å². The summed E-state index contributed by atoms with van der Waals surface area (Å²) in [5, 5.41) is 36.7. The maximum absolute atomic E-state index is 12.0. The van der Waals surface area contributed by atoms with Crippen LogP contribution in [0.15, 0.2) is 206 Å². The van der Waals surface area contributed by atoms with Gasteiger partial charge in [-0.2, -0.15) is 31.4 Å². The molecule has 2 atom stereocenters. The number of hydrogen-bond acceptors (Lipinski definition) is 13. The molecule has 0 amide bonds. The summed E-state index contributed by atoms with van der Waals surface area (Å²) in [7, 11) is 5.14. The van der Waals surface area contributed by atoms with Crippen molar-refractivity contribution in [3.63, 3.8) is 0 Å². The number of nitrogens with zero attached hydrogens (tertiary/aromatic N) is 4. The summed E-state index contributed by atoms with van der Waals surface area (Å²) in [4.78, 5) is 45.6. The molecule has 0 saturated carbocycles. The zero-order valence-corrected chi connectivity index (χ0v) is 51.9. The van der Waals surface area contributed by atoms with Gasteiger partial charge in [-0.15, -0.1) is 0 Å². The summed E-state index contributed by atoms with van der Waals surface area (Å²) in [6.07, 6.45) is 4.40. The lowest BCUT2D eigenvalue weighted by atomic mass is 9.88. The monoisotopic (exact) mass is 1200 g/mol. The van der Waals surface area contributed by atoms with Crippen LogP contribution in [0.5, 0.6) is 0 Å². The van der Waals surface area contributed by atoms with E-state index in [0.717, 1.165) is 118 Å². The number of nitrogens with one attached hydrogen (secondary N) is 7. The Hall–Kier alpha value is -10.6. The predicted molar refractivity (Wildman–Crippen MR) is 357 cm³/mol. The normalized spacial score (nSPS) is 12.0. The van der Waals surface area contributed by atoms with Gasteiger partial charge in [-0.3, -0.25) is 25.2 Å². The van der Waals surface area contributed by atoms with E-state index in [9.17, 15) is 14.4 Å². The van der Waals surface area contributed by atoms with E-state index < -0.39 is 5.97 Å². The van der Waals surface area contributed by atoms with Gasteiger partial charge < -0.3 is 19.7 Å². The number of aromatic nitrogens is 8. The Morgan fingerprint density at radius 2 is 0.811 bits per heavy atom. The maximum Gasteiger partial charge on any atom is 0.350 e.